The lowest BCUT2D eigenvalue weighted by molar-refractivity contribution is -0.176. The fourth-order valence-electron chi connectivity index (χ4n) is 5.08. The van der Waals surface area contributed by atoms with Gasteiger partial charge < -0.3 is 44.1 Å². The van der Waals surface area contributed by atoms with Crippen molar-refractivity contribution in [2.24, 2.45) is 0 Å². The average Bonchev–Trinajstić information content (AvgIpc) is 3.05. The van der Waals surface area contributed by atoms with Crippen molar-refractivity contribution in [2.75, 3.05) is 39.4 Å². The molecule has 2 unspecified atom stereocenters. The van der Waals surface area contributed by atoms with Crippen molar-refractivity contribution < 1.29 is 42.9 Å². The topological polar surface area (TPSA) is 145 Å². The van der Waals surface area contributed by atoms with Crippen molar-refractivity contribution in [1.82, 2.24) is 20.4 Å². The molecule has 0 radical (unpaired) electrons. The van der Waals surface area contributed by atoms with E-state index >= 15 is 0 Å². The maximum atomic E-state index is 13.2. The molecule has 0 bridgehead atoms. The second kappa shape index (κ2) is 17.2. The standard InChI is InChI=1S/C33H43ClN4O9/c1-33(2,3)47-31(41)36-20-24-11-9-23(10-12-24)19-35-30(40)37-14-16-38(17-15-37)32(42)46-26-13-18-43-27(22-45-29(34)39)28(26)44-21-25-7-5-4-6-8-25/h4-12,26-28H,13-22H2,1-3H3,(H,35,40)(H,36,41)/t26?,27?,28-/m0/s1. The highest BCUT2D eigenvalue weighted by molar-refractivity contribution is 6.61. The number of nitrogens with one attached hydrogen (secondary N) is 2. The Morgan fingerprint density at radius 1 is 0.872 bits per heavy atom. The average molecular weight is 675 g/mol. The summed E-state index contributed by atoms with van der Waals surface area (Å²) in [6, 6.07) is 16.8. The molecule has 4 rings (SSSR count). The quantitative estimate of drug-likeness (QED) is 0.268. The number of nitrogens with zero attached hydrogens (tertiary/aromatic N) is 2. The zero-order valence-electron chi connectivity index (χ0n) is 26.9. The molecule has 0 saturated carbocycles. The smallest absolute Gasteiger partial charge is 0.410 e. The van der Waals surface area contributed by atoms with E-state index in [9.17, 15) is 19.2 Å². The fraction of sp³-hybridized carbons (Fsp3) is 0.515. The van der Waals surface area contributed by atoms with Crippen LogP contribution in [0.15, 0.2) is 54.6 Å². The molecule has 47 heavy (non-hydrogen) atoms. The summed E-state index contributed by atoms with van der Waals surface area (Å²) in [6.07, 6.45) is -2.59. The van der Waals surface area contributed by atoms with Gasteiger partial charge in [-0.25, -0.2) is 19.2 Å². The van der Waals surface area contributed by atoms with Crippen LogP contribution in [0, 0.1) is 0 Å². The van der Waals surface area contributed by atoms with Gasteiger partial charge >= 0.3 is 23.6 Å². The van der Waals surface area contributed by atoms with Crippen LogP contribution < -0.4 is 10.6 Å². The number of alkyl carbamates (subject to hydrolysis) is 1. The van der Waals surface area contributed by atoms with Crippen molar-refractivity contribution in [2.45, 2.75) is 70.8 Å². The number of hydrogen-bond acceptors (Lipinski definition) is 9. The van der Waals surface area contributed by atoms with Gasteiger partial charge in [0.15, 0.2) is 0 Å². The highest BCUT2D eigenvalue weighted by atomic mass is 35.5. The van der Waals surface area contributed by atoms with Crippen molar-refractivity contribution in [3.63, 3.8) is 0 Å². The number of benzene rings is 2. The van der Waals surface area contributed by atoms with E-state index < -0.39 is 41.5 Å². The number of amides is 4. The van der Waals surface area contributed by atoms with Crippen LogP contribution in [-0.2, 0) is 43.4 Å². The van der Waals surface area contributed by atoms with Crippen LogP contribution in [0.1, 0.15) is 43.9 Å². The number of urea groups is 1. The summed E-state index contributed by atoms with van der Waals surface area (Å²) in [5.74, 6) is 0. The van der Waals surface area contributed by atoms with E-state index in [4.69, 9.17) is 35.3 Å². The molecule has 14 heteroatoms. The first-order valence-electron chi connectivity index (χ1n) is 15.6. The third kappa shape index (κ3) is 11.9. The largest absolute Gasteiger partial charge is 0.451 e. The summed E-state index contributed by atoms with van der Waals surface area (Å²) >= 11 is 5.37. The Balaban J connectivity index is 1.22. The molecule has 2 N–H and O–H groups in total. The third-order valence-corrected chi connectivity index (χ3v) is 7.60. The van der Waals surface area contributed by atoms with Crippen LogP contribution >= 0.6 is 11.6 Å². The van der Waals surface area contributed by atoms with Crippen molar-refractivity contribution in [3.8, 4) is 0 Å². The predicted octanol–water partition coefficient (Wildman–Crippen LogP) is 4.79. The number of hydrogen-bond donors (Lipinski definition) is 2. The molecule has 2 aliphatic heterocycles. The van der Waals surface area contributed by atoms with E-state index in [1.54, 1.807) is 30.6 Å². The van der Waals surface area contributed by atoms with Gasteiger partial charge in [0.1, 0.15) is 30.5 Å². The second-order valence-electron chi connectivity index (χ2n) is 12.2. The maximum Gasteiger partial charge on any atom is 0.410 e. The summed E-state index contributed by atoms with van der Waals surface area (Å²) in [5.41, 5.74) is 1.21. The van der Waals surface area contributed by atoms with Crippen molar-refractivity contribution in [1.29, 1.82) is 0 Å². The van der Waals surface area contributed by atoms with E-state index in [0.717, 1.165) is 16.7 Å². The van der Waals surface area contributed by atoms with Crippen LogP contribution in [-0.4, -0.2) is 96.8 Å². The van der Waals surface area contributed by atoms with Crippen LogP contribution in [0.4, 0.5) is 19.2 Å². The second-order valence-corrected chi connectivity index (χ2v) is 12.5. The fourth-order valence-corrected chi connectivity index (χ4v) is 5.14. The summed E-state index contributed by atoms with van der Waals surface area (Å²) in [7, 11) is 0. The Morgan fingerprint density at radius 3 is 2.11 bits per heavy atom. The van der Waals surface area contributed by atoms with Crippen molar-refractivity contribution in [3.05, 3.63) is 71.3 Å². The Morgan fingerprint density at radius 2 is 1.49 bits per heavy atom. The lowest BCUT2D eigenvalue weighted by Gasteiger charge is -2.39. The first-order chi connectivity index (χ1) is 22.5. The van der Waals surface area contributed by atoms with Gasteiger partial charge in [-0.1, -0.05) is 54.6 Å². The van der Waals surface area contributed by atoms with Crippen LogP contribution in [0.2, 0.25) is 0 Å². The number of rotatable bonds is 10. The van der Waals surface area contributed by atoms with E-state index in [1.165, 1.54) is 0 Å². The van der Waals surface area contributed by atoms with Gasteiger partial charge in [0, 0.05) is 57.3 Å². The van der Waals surface area contributed by atoms with Gasteiger partial charge in [-0.15, -0.1) is 0 Å². The van der Waals surface area contributed by atoms with Gasteiger partial charge in [0.25, 0.3) is 0 Å². The van der Waals surface area contributed by atoms with Crippen LogP contribution in [0.3, 0.4) is 0 Å². The SMILES string of the molecule is CC(C)(C)OC(=O)NCc1ccc(CNC(=O)N2CCN(C(=O)OC3CCOC(COC(=O)Cl)[C@H]3OCc3ccccc3)CC2)cc1. The minimum atomic E-state index is -0.959. The Hall–Kier alpha value is -4.07. The van der Waals surface area contributed by atoms with E-state index in [2.05, 4.69) is 10.6 Å². The van der Waals surface area contributed by atoms with Crippen LogP contribution in [0.25, 0.3) is 0 Å². The maximum absolute atomic E-state index is 13.2. The summed E-state index contributed by atoms with van der Waals surface area (Å²) in [5, 5.41) is 5.64. The van der Waals surface area contributed by atoms with Crippen LogP contribution in [0.5, 0.6) is 0 Å². The van der Waals surface area contributed by atoms with Gasteiger partial charge in [-0.3, -0.25) is 0 Å². The minimum absolute atomic E-state index is 0.140. The zero-order valence-corrected chi connectivity index (χ0v) is 27.7. The molecule has 4 amide bonds. The lowest BCUT2D eigenvalue weighted by atomic mass is 10.0. The predicted molar refractivity (Wildman–Crippen MR) is 172 cm³/mol. The van der Waals surface area contributed by atoms with Gasteiger partial charge in [-0.2, -0.15) is 0 Å². The lowest BCUT2D eigenvalue weighted by Crippen LogP contribution is -2.55. The monoisotopic (exact) mass is 674 g/mol. The molecular formula is C33H43ClN4O9. The highest BCUT2D eigenvalue weighted by Crippen LogP contribution is 2.24. The molecule has 0 aromatic heterocycles. The van der Waals surface area contributed by atoms with Gasteiger partial charge in [0.2, 0.25) is 0 Å². The number of piperazine rings is 1. The van der Waals surface area contributed by atoms with Gasteiger partial charge in [-0.05, 0) is 37.5 Å². The molecule has 2 saturated heterocycles. The molecule has 0 aliphatic carbocycles. The first kappa shape index (κ1) is 35.8. The molecule has 13 nitrogen and oxygen atoms in total. The number of carbonyl (C=O) groups is 4. The number of halogens is 1. The molecule has 2 heterocycles. The third-order valence-electron chi connectivity index (χ3n) is 7.49. The van der Waals surface area contributed by atoms with E-state index in [-0.39, 0.29) is 25.9 Å². The molecule has 3 atom stereocenters. The molecule has 2 aliphatic rings. The highest BCUT2D eigenvalue weighted by Gasteiger charge is 2.39. The summed E-state index contributed by atoms with van der Waals surface area (Å²) in [4.78, 5) is 52.3. The van der Waals surface area contributed by atoms with Crippen molar-refractivity contribution >= 4 is 35.2 Å². The Kier molecular flexibility index (Phi) is 13.1. The normalized spacial score (nSPS) is 19.8. The van der Waals surface area contributed by atoms with Gasteiger partial charge in [0.05, 0.1) is 13.2 Å². The molecule has 2 aromatic carbocycles. The molecule has 0 spiro atoms. The summed E-state index contributed by atoms with van der Waals surface area (Å²) in [6.45, 7) is 7.75. The molecule has 2 aromatic rings. The first-order valence-corrected chi connectivity index (χ1v) is 16.0. The Bertz CT molecular complexity index is 1330. The zero-order chi connectivity index (χ0) is 33.8. The summed E-state index contributed by atoms with van der Waals surface area (Å²) < 4.78 is 28.0. The number of ether oxygens (including phenoxy) is 5. The number of carbonyl (C=O) groups excluding carboxylic acids is 4. The van der Waals surface area contributed by atoms with E-state index in [0.29, 0.717) is 45.7 Å². The van der Waals surface area contributed by atoms with E-state index in [1.807, 2.05) is 54.6 Å². The minimum Gasteiger partial charge on any atom is -0.451 e. The Labute approximate surface area is 279 Å². The molecule has 2 fully saturated rings. The molecular weight excluding hydrogens is 632 g/mol. The molecule has 256 valence electrons.